The summed E-state index contributed by atoms with van der Waals surface area (Å²) in [5.74, 6) is -0.945. The lowest BCUT2D eigenvalue weighted by Crippen LogP contribution is -2.30. The Morgan fingerprint density at radius 3 is 1.00 bits per heavy atom. The topological polar surface area (TPSA) is 78.9 Å². The van der Waals surface area contributed by atoms with Crippen molar-refractivity contribution in [3.63, 3.8) is 0 Å². The number of allylic oxidation sites excluding steroid dienone is 14. The first-order chi connectivity index (χ1) is 30.5. The summed E-state index contributed by atoms with van der Waals surface area (Å²) < 4.78 is 16.8. The molecule has 354 valence electrons. The summed E-state index contributed by atoms with van der Waals surface area (Å²) in [6, 6.07) is 0. The van der Waals surface area contributed by atoms with Crippen LogP contribution in [0.2, 0.25) is 0 Å². The molecule has 0 aliphatic carbocycles. The van der Waals surface area contributed by atoms with Gasteiger partial charge in [0.1, 0.15) is 13.2 Å². The van der Waals surface area contributed by atoms with Crippen LogP contribution in [-0.4, -0.2) is 37.2 Å². The van der Waals surface area contributed by atoms with Gasteiger partial charge >= 0.3 is 17.9 Å². The van der Waals surface area contributed by atoms with Gasteiger partial charge in [0.2, 0.25) is 0 Å². The van der Waals surface area contributed by atoms with Gasteiger partial charge < -0.3 is 14.2 Å². The minimum atomic E-state index is -0.797. The summed E-state index contributed by atoms with van der Waals surface area (Å²) in [6.07, 6.45) is 64.2. The van der Waals surface area contributed by atoms with E-state index in [1.165, 1.54) is 103 Å². The van der Waals surface area contributed by atoms with Gasteiger partial charge in [-0.15, -0.1) is 0 Å². The largest absolute Gasteiger partial charge is 0.462 e. The average molecular weight is 863 g/mol. The Balaban J connectivity index is 4.44. The quantitative estimate of drug-likeness (QED) is 0.0263. The SMILES string of the molecule is CC\C=C/C=C\C=C/C=C\CCCCCC(=O)OCC(COC(=O)CCCCCCCCCCCCCCCCCC)OC(=O)CCCCCCCCC\C=C/C=C\C=C/CC. The number of carbonyl (C=O) groups is 3. The molecule has 0 rings (SSSR count). The highest BCUT2D eigenvalue weighted by Gasteiger charge is 2.19. The maximum Gasteiger partial charge on any atom is 0.306 e. The highest BCUT2D eigenvalue weighted by molar-refractivity contribution is 5.71. The van der Waals surface area contributed by atoms with E-state index in [-0.39, 0.29) is 31.1 Å². The second-order valence-electron chi connectivity index (χ2n) is 16.8. The molecule has 0 bridgehead atoms. The van der Waals surface area contributed by atoms with Crippen molar-refractivity contribution >= 4 is 17.9 Å². The van der Waals surface area contributed by atoms with Gasteiger partial charge in [0, 0.05) is 19.3 Å². The molecule has 0 radical (unpaired) electrons. The molecule has 0 saturated heterocycles. The van der Waals surface area contributed by atoms with Gasteiger partial charge in [-0.1, -0.05) is 241 Å². The zero-order chi connectivity index (χ0) is 45.1. The van der Waals surface area contributed by atoms with Crippen molar-refractivity contribution in [2.45, 2.75) is 239 Å². The number of hydrogen-bond donors (Lipinski definition) is 0. The summed E-state index contributed by atoms with van der Waals surface area (Å²) in [7, 11) is 0. The van der Waals surface area contributed by atoms with Crippen molar-refractivity contribution in [3.05, 3.63) is 85.1 Å². The fraction of sp³-hybridized carbons (Fsp3) is 0.696. The Bertz CT molecular complexity index is 1220. The monoisotopic (exact) mass is 863 g/mol. The molecule has 1 unspecified atom stereocenters. The van der Waals surface area contributed by atoms with Crippen molar-refractivity contribution in [2.75, 3.05) is 13.2 Å². The predicted molar refractivity (Wildman–Crippen MR) is 265 cm³/mol. The van der Waals surface area contributed by atoms with Crippen LogP contribution in [0.25, 0.3) is 0 Å². The highest BCUT2D eigenvalue weighted by Crippen LogP contribution is 2.15. The van der Waals surface area contributed by atoms with Gasteiger partial charge in [-0.05, 0) is 57.8 Å². The first-order valence-electron chi connectivity index (χ1n) is 25.7. The molecule has 0 spiro atoms. The van der Waals surface area contributed by atoms with Crippen LogP contribution in [0.1, 0.15) is 233 Å². The van der Waals surface area contributed by atoms with E-state index in [1.807, 2.05) is 36.5 Å². The number of ether oxygens (including phenoxy) is 3. The lowest BCUT2D eigenvalue weighted by Gasteiger charge is -2.18. The third kappa shape index (κ3) is 47.6. The van der Waals surface area contributed by atoms with Crippen molar-refractivity contribution in [3.8, 4) is 0 Å². The van der Waals surface area contributed by atoms with Crippen molar-refractivity contribution < 1.29 is 28.6 Å². The van der Waals surface area contributed by atoms with E-state index in [9.17, 15) is 14.4 Å². The molecule has 0 aliphatic heterocycles. The first kappa shape index (κ1) is 58.6. The van der Waals surface area contributed by atoms with Crippen LogP contribution in [0.15, 0.2) is 85.1 Å². The van der Waals surface area contributed by atoms with E-state index >= 15 is 0 Å². The molecule has 0 amide bonds. The van der Waals surface area contributed by atoms with E-state index in [2.05, 4.69) is 69.4 Å². The molecule has 6 heteroatoms. The Labute approximate surface area is 382 Å². The zero-order valence-electron chi connectivity index (χ0n) is 40.4. The fourth-order valence-corrected chi connectivity index (χ4v) is 6.98. The third-order valence-electron chi connectivity index (χ3n) is 10.8. The van der Waals surface area contributed by atoms with Crippen molar-refractivity contribution in [2.24, 2.45) is 0 Å². The minimum absolute atomic E-state index is 0.0932. The predicted octanol–water partition coefficient (Wildman–Crippen LogP) is 16.8. The van der Waals surface area contributed by atoms with Crippen LogP contribution in [0.4, 0.5) is 0 Å². The molecule has 0 fully saturated rings. The number of carbonyl (C=O) groups excluding carboxylic acids is 3. The van der Waals surface area contributed by atoms with E-state index in [4.69, 9.17) is 14.2 Å². The van der Waals surface area contributed by atoms with Gasteiger partial charge in [-0.25, -0.2) is 0 Å². The molecule has 0 aromatic carbocycles. The Morgan fingerprint density at radius 2 is 0.629 bits per heavy atom. The molecular formula is C56H94O6. The van der Waals surface area contributed by atoms with Gasteiger partial charge in [0.05, 0.1) is 0 Å². The van der Waals surface area contributed by atoms with Crippen LogP contribution in [0.3, 0.4) is 0 Å². The first-order valence-corrected chi connectivity index (χ1v) is 25.7. The van der Waals surface area contributed by atoms with Gasteiger partial charge in [0.25, 0.3) is 0 Å². The van der Waals surface area contributed by atoms with E-state index in [0.29, 0.717) is 19.3 Å². The van der Waals surface area contributed by atoms with Crippen LogP contribution in [-0.2, 0) is 28.6 Å². The second-order valence-corrected chi connectivity index (χ2v) is 16.8. The summed E-state index contributed by atoms with van der Waals surface area (Å²) in [5.41, 5.74) is 0. The number of hydrogen-bond acceptors (Lipinski definition) is 6. The summed E-state index contributed by atoms with van der Waals surface area (Å²) >= 11 is 0. The van der Waals surface area contributed by atoms with Crippen LogP contribution in [0.5, 0.6) is 0 Å². The molecule has 6 nitrogen and oxygen atoms in total. The Morgan fingerprint density at radius 1 is 0.339 bits per heavy atom. The number of rotatable bonds is 45. The zero-order valence-corrected chi connectivity index (χ0v) is 40.4. The molecule has 0 N–H and O–H groups in total. The van der Waals surface area contributed by atoms with Crippen LogP contribution >= 0.6 is 0 Å². The van der Waals surface area contributed by atoms with Gasteiger partial charge in [-0.3, -0.25) is 14.4 Å². The molecule has 0 aromatic heterocycles. The summed E-state index contributed by atoms with van der Waals surface area (Å²) in [6.45, 7) is 6.33. The number of unbranched alkanes of at least 4 members (excludes halogenated alkanes) is 25. The standard InChI is InChI=1S/C56H94O6/c1-4-7-10-13-16-19-22-25-27-29-31-34-37-40-43-46-49-55(58)61-52-53(51-60-54(57)48-45-42-39-36-33-30-24-21-18-15-12-9-6-3)62-56(59)50-47-44-41-38-35-32-28-26-23-20-17-14-11-8-5-2/h8-9,11-12,14-15,17-18,20-21,23-24,30,33,53H,4-7,10,13,16,19,22,25-29,31-32,34-52H2,1-3H3/b11-8-,12-9-,17-14-,18-15-,23-20-,24-21-,33-30-. The molecule has 62 heavy (non-hydrogen) atoms. The number of esters is 3. The highest BCUT2D eigenvalue weighted by atomic mass is 16.6. The maximum atomic E-state index is 12.8. The second kappa shape index (κ2) is 50.2. The Hall–Kier alpha value is -3.41. The van der Waals surface area contributed by atoms with Gasteiger partial charge in [-0.2, -0.15) is 0 Å². The summed E-state index contributed by atoms with van der Waals surface area (Å²) in [5, 5.41) is 0. The van der Waals surface area contributed by atoms with E-state index < -0.39 is 6.10 Å². The van der Waals surface area contributed by atoms with Crippen LogP contribution < -0.4 is 0 Å². The van der Waals surface area contributed by atoms with Gasteiger partial charge in [0.15, 0.2) is 6.10 Å². The molecule has 0 heterocycles. The maximum absolute atomic E-state index is 12.8. The lowest BCUT2D eigenvalue weighted by atomic mass is 10.0. The third-order valence-corrected chi connectivity index (χ3v) is 10.8. The lowest BCUT2D eigenvalue weighted by molar-refractivity contribution is -0.167. The van der Waals surface area contributed by atoms with E-state index in [1.54, 1.807) is 0 Å². The van der Waals surface area contributed by atoms with E-state index in [0.717, 1.165) is 89.9 Å². The van der Waals surface area contributed by atoms with Crippen LogP contribution in [0, 0.1) is 0 Å². The molecule has 0 aliphatic rings. The fourth-order valence-electron chi connectivity index (χ4n) is 6.98. The smallest absolute Gasteiger partial charge is 0.306 e. The average Bonchev–Trinajstić information content (AvgIpc) is 3.27. The molecule has 0 aromatic rings. The minimum Gasteiger partial charge on any atom is -0.462 e. The normalized spacial score (nSPS) is 12.8. The molecular weight excluding hydrogens is 769 g/mol. The van der Waals surface area contributed by atoms with Crippen molar-refractivity contribution in [1.82, 2.24) is 0 Å². The Kier molecular flexibility index (Phi) is 47.5. The van der Waals surface area contributed by atoms with Crippen molar-refractivity contribution in [1.29, 1.82) is 0 Å². The summed E-state index contributed by atoms with van der Waals surface area (Å²) in [4.78, 5) is 38.0. The molecule has 0 saturated carbocycles. The molecule has 1 atom stereocenters.